The second kappa shape index (κ2) is 18.1. The van der Waals surface area contributed by atoms with Gasteiger partial charge in [-0.25, -0.2) is 4.85 Å². The van der Waals surface area contributed by atoms with E-state index in [2.05, 4.69) is 313 Å². The number of para-hydroxylation sites is 10. The Morgan fingerprint density at radius 2 is 0.477 bits per heavy atom. The van der Waals surface area contributed by atoms with E-state index in [4.69, 9.17) is 4.85 Å². The summed E-state index contributed by atoms with van der Waals surface area (Å²) >= 11 is 0. The largest absolute Gasteiger partial charge is 0.317 e. The topological polar surface area (TPSA) is 57.7 Å². The predicted octanol–water partition coefficient (Wildman–Crippen LogP) is 20.7. The number of hydrogen-bond acceptors (Lipinski definition) is 1. The van der Waals surface area contributed by atoms with E-state index < -0.39 is 0 Å². The zero-order valence-corrected chi connectivity index (χ0v) is 47.1. The average molecular weight is 1120 g/mol. The summed E-state index contributed by atoms with van der Waals surface area (Å²) < 4.78 is 14.2. The third-order valence-corrected chi connectivity index (χ3v) is 18.6. The van der Waals surface area contributed by atoms with Crippen molar-refractivity contribution >= 4 is 137 Å². The first-order valence-corrected chi connectivity index (χ1v) is 29.7. The van der Waals surface area contributed by atoms with Crippen LogP contribution in [-0.2, 0) is 0 Å². The van der Waals surface area contributed by atoms with Crippen LogP contribution in [-0.4, -0.2) is 27.4 Å². The van der Waals surface area contributed by atoms with Gasteiger partial charge in [0, 0.05) is 76.0 Å². The van der Waals surface area contributed by atoms with Crippen molar-refractivity contribution in [3.63, 3.8) is 0 Å². The van der Waals surface area contributed by atoms with Crippen LogP contribution < -0.4 is 0 Å². The normalized spacial score (nSPS) is 12.1. The van der Waals surface area contributed by atoms with Gasteiger partial charge < -0.3 is 27.4 Å². The lowest BCUT2D eigenvalue weighted by Gasteiger charge is -2.28. The Hall–Kier alpha value is -12.4. The standard InChI is InChI=1S/C80H46N8/c1-82-76-63(48-81)77(85-66-38-18-8-28-51(66)52-29-9-19-39-67(52)85)79(87-70-42-22-14-34-57(70)61-44-59-55-32-12-16-36-64(55)83(72(59)46-74(61)87)49-24-4-2-5-25-49)80(78(76)86-68-40-20-10-30-53(68)54-31-11-21-41-69(54)86)88-71-43-23-15-35-58(71)62-45-60-56-33-13-17-37-65(56)84(73(60)47-75(62)88)50-26-6-3-7-27-50/h2-47H. The Kier molecular flexibility index (Phi) is 9.87. The molecule has 0 N–H and O–H groups in total. The molecule has 0 fully saturated rings. The van der Waals surface area contributed by atoms with Crippen LogP contribution in [0.5, 0.6) is 0 Å². The number of aromatic nitrogens is 6. The molecule has 0 spiro atoms. The number of fused-ring (bicyclic) bond motifs is 18. The van der Waals surface area contributed by atoms with Gasteiger partial charge in [-0.2, -0.15) is 5.26 Å². The molecule has 13 aromatic carbocycles. The van der Waals surface area contributed by atoms with Crippen LogP contribution in [0.4, 0.5) is 5.69 Å². The van der Waals surface area contributed by atoms with Gasteiger partial charge in [-0.1, -0.05) is 182 Å². The highest BCUT2D eigenvalue weighted by Gasteiger charge is 2.35. The lowest BCUT2D eigenvalue weighted by Crippen LogP contribution is -2.15. The molecule has 0 unspecified atom stereocenters. The maximum atomic E-state index is 12.6. The van der Waals surface area contributed by atoms with E-state index >= 15 is 0 Å². The van der Waals surface area contributed by atoms with Crippen molar-refractivity contribution in [1.29, 1.82) is 5.26 Å². The molecule has 6 heterocycles. The summed E-state index contributed by atoms with van der Waals surface area (Å²) in [6.07, 6.45) is 0. The van der Waals surface area contributed by atoms with Crippen LogP contribution >= 0.6 is 0 Å². The van der Waals surface area contributed by atoms with Crippen molar-refractivity contribution in [1.82, 2.24) is 27.4 Å². The molecular formula is C80H46N8. The van der Waals surface area contributed by atoms with Crippen LogP contribution in [0.25, 0.3) is 170 Å². The van der Waals surface area contributed by atoms with Crippen molar-refractivity contribution in [3.8, 4) is 40.2 Å². The Labute approximate surface area is 502 Å². The molecule has 406 valence electrons. The minimum absolute atomic E-state index is 0.238. The summed E-state index contributed by atoms with van der Waals surface area (Å²) in [5, 5.41) is 25.5. The lowest BCUT2D eigenvalue weighted by atomic mass is 10.0. The van der Waals surface area contributed by atoms with Crippen LogP contribution in [0.3, 0.4) is 0 Å². The molecule has 88 heavy (non-hydrogen) atoms. The molecule has 8 nitrogen and oxygen atoms in total. The highest BCUT2D eigenvalue weighted by molar-refractivity contribution is 6.23. The maximum absolute atomic E-state index is 12.6. The molecule has 0 aliphatic carbocycles. The monoisotopic (exact) mass is 1120 g/mol. The molecule has 0 radical (unpaired) electrons. The van der Waals surface area contributed by atoms with Crippen LogP contribution in [0.2, 0.25) is 0 Å². The third-order valence-electron chi connectivity index (χ3n) is 18.6. The summed E-state index contributed by atoms with van der Waals surface area (Å²) in [5.74, 6) is 0. The van der Waals surface area contributed by atoms with Crippen molar-refractivity contribution in [2.24, 2.45) is 0 Å². The highest BCUT2D eigenvalue weighted by Crippen LogP contribution is 2.53. The molecule has 0 aliphatic heterocycles. The summed E-state index contributed by atoms with van der Waals surface area (Å²) in [6.45, 7) is 9.82. The van der Waals surface area contributed by atoms with Crippen LogP contribution in [0.15, 0.2) is 279 Å². The molecule has 0 aliphatic rings. The Balaban J connectivity index is 1.13. The molecule has 0 saturated carbocycles. The number of nitriles is 1. The first-order chi connectivity index (χ1) is 43.7. The number of benzene rings is 13. The zero-order valence-electron chi connectivity index (χ0n) is 47.1. The first-order valence-electron chi connectivity index (χ1n) is 29.7. The molecule has 19 aromatic rings. The molecule has 0 atom stereocenters. The molecule has 6 aromatic heterocycles. The summed E-state index contributed by atoms with van der Waals surface area (Å²) in [5.41, 5.74) is 17.0. The van der Waals surface area contributed by atoms with Crippen LogP contribution in [0.1, 0.15) is 5.56 Å². The average Bonchev–Trinajstić information content (AvgIpc) is 1.49. The molecule has 19 rings (SSSR count). The third kappa shape index (κ3) is 6.34. The fourth-order valence-corrected chi connectivity index (χ4v) is 15.1. The minimum Gasteiger partial charge on any atom is -0.317 e. The number of nitrogens with zero attached hydrogens (tertiary/aromatic N) is 8. The van der Waals surface area contributed by atoms with Crippen molar-refractivity contribution in [2.45, 2.75) is 0 Å². The zero-order chi connectivity index (χ0) is 57.9. The minimum atomic E-state index is 0.238. The second-order valence-electron chi connectivity index (χ2n) is 22.9. The van der Waals surface area contributed by atoms with E-state index in [1.807, 2.05) is 0 Å². The Bertz CT molecular complexity index is 5830. The van der Waals surface area contributed by atoms with E-state index in [-0.39, 0.29) is 11.3 Å². The maximum Gasteiger partial charge on any atom is 0.232 e. The van der Waals surface area contributed by atoms with Gasteiger partial charge in [0.05, 0.1) is 107 Å². The predicted molar refractivity (Wildman–Crippen MR) is 363 cm³/mol. The molecule has 0 saturated heterocycles. The summed E-state index contributed by atoms with van der Waals surface area (Å²) in [7, 11) is 0. The van der Waals surface area contributed by atoms with E-state index in [1.165, 1.54) is 0 Å². The number of hydrogen-bond donors (Lipinski definition) is 0. The smallest absolute Gasteiger partial charge is 0.232 e. The fourth-order valence-electron chi connectivity index (χ4n) is 15.1. The summed E-state index contributed by atoms with van der Waals surface area (Å²) in [4.78, 5) is 4.73. The summed E-state index contributed by atoms with van der Waals surface area (Å²) in [6, 6.07) is 103. The van der Waals surface area contributed by atoms with Gasteiger partial charge in [0.15, 0.2) is 0 Å². The van der Waals surface area contributed by atoms with Crippen molar-refractivity contribution in [3.05, 3.63) is 296 Å². The first kappa shape index (κ1) is 48.1. The molecular weight excluding hydrogens is 1070 g/mol. The van der Waals surface area contributed by atoms with Gasteiger partial charge in [0.2, 0.25) is 5.69 Å². The van der Waals surface area contributed by atoms with Gasteiger partial charge in [-0.15, -0.1) is 0 Å². The molecule has 0 amide bonds. The van der Waals surface area contributed by atoms with Gasteiger partial charge in [-0.05, 0) is 97.1 Å². The van der Waals surface area contributed by atoms with Gasteiger partial charge in [0.1, 0.15) is 0 Å². The Morgan fingerprint density at radius 3 is 0.784 bits per heavy atom. The van der Waals surface area contributed by atoms with Gasteiger partial charge in [0.25, 0.3) is 0 Å². The van der Waals surface area contributed by atoms with Crippen LogP contribution in [0, 0.1) is 17.9 Å². The van der Waals surface area contributed by atoms with Gasteiger partial charge in [-0.3, -0.25) is 0 Å². The van der Waals surface area contributed by atoms with Crippen molar-refractivity contribution in [2.75, 3.05) is 0 Å². The molecule has 8 heteroatoms. The number of rotatable bonds is 6. The van der Waals surface area contributed by atoms with Crippen molar-refractivity contribution < 1.29 is 0 Å². The molecule has 0 bridgehead atoms. The quantitative estimate of drug-likeness (QED) is 0.153. The van der Waals surface area contributed by atoms with E-state index in [0.29, 0.717) is 11.4 Å². The fraction of sp³-hybridized carbons (Fsp3) is 0. The van der Waals surface area contributed by atoms with E-state index in [0.717, 1.165) is 154 Å². The highest BCUT2D eigenvalue weighted by atomic mass is 15.2. The second-order valence-corrected chi connectivity index (χ2v) is 22.9. The Morgan fingerprint density at radius 1 is 0.239 bits per heavy atom. The lowest BCUT2D eigenvalue weighted by molar-refractivity contribution is 1.02. The van der Waals surface area contributed by atoms with E-state index in [1.54, 1.807) is 0 Å². The van der Waals surface area contributed by atoms with E-state index in [9.17, 15) is 11.8 Å². The SMILES string of the molecule is [C-]#[N+]c1c(C#N)c(-n2c3ccccc3c3ccccc32)c(-n2c3ccccc3c3cc4c5ccccc5n(-c5ccccc5)c4cc32)c(-n2c3ccccc3c3cc4c5ccccc5n(-c5ccccc5)c4cc32)c1-n1c2ccccc2c2ccccc21. The van der Waals surface area contributed by atoms with Gasteiger partial charge >= 0.3 is 0 Å².